The van der Waals surface area contributed by atoms with Gasteiger partial charge in [-0.05, 0) is 12.1 Å². The number of hydrogen-bond donors (Lipinski definition) is 1. The first-order chi connectivity index (χ1) is 8.38. The molecule has 96 valence electrons. The highest BCUT2D eigenvalue weighted by Gasteiger charge is 2.30. The molecule has 0 bridgehead atoms. The fourth-order valence-electron chi connectivity index (χ4n) is 1.87. The molecule has 0 saturated carbocycles. The average molecular weight is 255 g/mol. The summed E-state index contributed by atoms with van der Waals surface area (Å²) < 4.78 is 37.0. The van der Waals surface area contributed by atoms with Crippen molar-refractivity contribution in [3.05, 3.63) is 30.6 Å². The number of halogens is 3. The first kappa shape index (κ1) is 12.5. The molecule has 2 rings (SSSR count). The summed E-state index contributed by atoms with van der Waals surface area (Å²) in [4.78, 5) is 5.03. The second-order valence-corrected chi connectivity index (χ2v) is 4.07. The van der Waals surface area contributed by atoms with Crippen LogP contribution >= 0.6 is 0 Å². The summed E-state index contributed by atoms with van der Waals surface area (Å²) in [6.07, 6.45) is -1.07. The van der Waals surface area contributed by atoms with Gasteiger partial charge in [-0.2, -0.15) is 13.2 Å². The van der Waals surface area contributed by atoms with Gasteiger partial charge in [0.05, 0.1) is 11.4 Å². The van der Waals surface area contributed by atoms with Crippen molar-refractivity contribution in [2.75, 3.05) is 24.2 Å². The largest absolute Gasteiger partial charge is 0.405 e. The molecule has 0 fully saturated rings. The van der Waals surface area contributed by atoms with Crippen LogP contribution in [-0.2, 0) is 0 Å². The topological polar surface area (TPSA) is 42.2 Å². The van der Waals surface area contributed by atoms with Crippen LogP contribution in [0.3, 0.4) is 0 Å². The van der Waals surface area contributed by atoms with E-state index < -0.39 is 12.7 Å². The van der Waals surface area contributed by atoms with Crippen LogP contribution in [0.1, 0.15) is 0 Å². The van der Waals surface area contributed by atoms with Crippen LogP contribution in [0, 0.1) is 0 Å². The number of nitrogens with two attached hydrogens (primary N) is 1. The smallest absolute Gasteiger partial charge is 0.397 e. The van der Waals surface area contributed by atoms with Crippen LogP contribution < -0.4 is 10.6 Å². The van der Waals surface area contributed by atoms with Crippen molar-refractivity contribution < 1.29 is 13.2 Å². The molecule has 1 aromatic heterocycles. The molecule has 6 heteroatoms. The molecular formula is C12H12F3N3. The summed E-state index contributed by atoms with van der Waals surface area (Å²) in [5, 5.41) is 1.51. The van der Waals surface area contributed by atoms with Gasteiger partial charge in [-0.25, -0.2) is 0 Å². The van der Waals surface area contributed by atoms with E-state index in [4.69, 9.17) is 5.73 Å². The number of pyridine rings is 1. The third-order valence-electron chi connectivity index (χ3n) is 2.67. The summed E-state index contributed by atoms with van der Waals surface area (Å²) >= 11 is 0. The van der Waals surface area contributed by atoms with Crippen LogP contribution in [0.5, 0.6) is 0 Å². The highest BCUT2D eigenvalue weighted by molar-refractivity contribution is 5.98. The minimum atomic E-state index is -4.26. The van der Waals surface area contributed by atoms with E-state index in [1.807, 2.05) is 0 Å². The predicted molar refractivity (Wildman–Crippen MR) is 65.5 cm³/mol. The number of hydrogen-bond acceptors (Lipinski definition) is 3. The highest BCUT2D eigenvalue weighted by atomic mass is 19.4. The van der Waals surface area contributed by atoms with Gasteiger partial charge in [-0.15, -0.1) is 0 Å². The molecule has 0 spiro atoms. The maximum Gasteiger partial charge on any atom is 0.405 e. The van der Waals surface area contributed by atoms with Gasteiger partial charge in [0, 0.05) is 30.2 Å². The molecule has 1 aromatic carbocycles. The molecule has 2 aromatic rings. The van der Waals surface area contributed by atoms with E-state index in [1.165, 1.54) is 7.05 Å². The number of rotatable bonds is 2. The van der Waals surface area contributed by atoms with Gasteiger partial charge in [0.1, 0.15) is 6.54 Å². The van der Waals surface area contributed by atoms with Gasteiger partial charge in [-0.3, -0.25) is 4.98 Å². The molecule has 1 heterocycles. The Morgan fingerprint density at radius 3 is 2.67 bits per heavy atom. The van der Waals surface area contributed by atoms with Crippen LogP contribution in [0.25, 0.3) is 10.8 Å². The monoisotopic (exact) mass is 255 g/mol. The second kappa shape index (κ2) is 4.36. The fourth-order valence-corrected chi connectivity index (χ4v) is 1.87. The lowest BCUT2D eigenvalue weighted by Gasteiger charge is -2.23. The predicted octanol–water partition coefficient (Wildman–Crippen LogP) is 2.82. The van der Waals surface area contributed by atoms with Crippen LogP contribution in [0.2, 0.25) is 0 Å². The lowest BCUT2D eigenvalue weighted by Crippen LogP contribution is -2.31. The summed E-state index contributed by atoms with van der Waals surface area (Å²) in [6.45, 7) is -1.03. The summed E-state index contributed by atoms with van der Waals surface area (Å²) in [6, 6.07) is 4.97. The quantitative estimate of drug-likeness (QED) is 0.839. The van der Waals surface area contributed by atoms with E-state index in [0.717, 1.165) is 10.3 Å². The Hall–Kier alpha value is -1.98. The normalized spacial score (nSPS) is 11.8. The van der Waals surface area contributed by atoms with E-state index in [-0.39, 0.29) is 0 Å². The SMILES string of the molecule is CN(CC(F)(F)F)c1ccc2cnccc2c1N. The number of fused-ring (bicyclic) bond motifs is 1. The second-order valence-electron chi connectivity index (χ2n) is 4.07. The van der Waals surface area contributed by atoms with Gasteiger partial charge in [0.25, 0.3) is 0 Å². The number of nitrogens with zero attached hydrogens (tertiary/aromatic N) is 2. The number of alkyl halides is 3. The van der Waals surface area contributed by atoms with Crippen LogP contribution in [0.15, 0.2) is 30.6 Å². The maximum atomic E-state index is 12.3. The molecule has 0 atom stereocenters. The van der Waals surface area contributed by atoms with Crippen molar-refractivity contribution in [2.24, 2.45) is 0 Å². The Morgan fingerprint density at radius 2 is 2.00 bits per heavy atom. The van der Waals surface area contributed by atoms with E-state index in [1.54, 1.807) is 30.6 Å². The van der Waals surface area contributed by atoms with Crippen molar-refractivity contribution in [3.63, 3.8) is 0 Å². The van der Waals surface area contributed by atoms with Crippen molar-refractivity contribution >= 4 is 22.1 Å². The van der Waals surface area contributed by atoms with E-state index >= 15 is 0 Å². The average Bonchev–Trinajstić information content (AvgIpc) is 2.27. The molecule has 0 radical (unpaired) electrons. The minimum Gasteiger partial charge on any atom is -0.397 e. The highest BCUT2D eigenvalue weighted by Crippen LogP contribution is 2.31. The number of benzene rings is 1. The standard InChI is InChI=1S/C12H12F3N3/c1-18(7-12(13,14)15)10-3-2-8-6-17-5-4-9(8)11(10)16/h2-6H,7,16H2,1H3. The lowest BCUT2D eigenvalue weighted by atomic mass is 10.1. The summed E-state index contributed by atoms with van der Waals surface area (Å²) in [5.74, 6) is 0. The zero-order valence-electron chi connectivity index (χ0n) is 9.70. The Kier molecular flexibility index (Phi) is 3.02. The summed E-state index contributed by atoms with van der Waals surface area (Å²) in [5.41, 5.74) is 6.60. The Labute approximate surface area is 102 Å². The van der Waals surface area contributed by atoms with Gasteiger partial charge < -0.3 is 10.6 Å². The Morgan fingerprint density at radius 1 is 1.28 bits per heavy atom. The number of nitrogen functional groups attached to an aromatic ring is 1. The summed E-state index contributed by atoms with van der Waals surface area (Å²) in [7, 11) is 1.37. The molecule has 0 aliphatic rings. The Balaban J connectivity index is 2.43. The van der Waals surface area contributed by atoms with Crippen molar-refractivity contribution in [1.82, 2.24) is 4.98 Å². The first-order valence-corrected chi connectivity index (χ1v) is 5.28. The van der Waals surface area contributed by atoms with Gasteiger partial charge >= 0.3 is 6.18 Å². The first-order valence-electron chi connectivity index (χ1n) is 5.28. The van der Waals surface area contributed by atoms with Crippen molar-refractivity contribution in [3.8, 4) is 0 Å². The maximum absolute atomic E-state index is 12.3. The molecule has 0 unspecified atom stereocenters. The molecule has 3 nitrogen and oxygen atoms in total. The molecular weight excluding hydrogens is 243 g/mol. The van der Waals surface area contributed by atoms with E-state index in [9.17, 15) is 13.2 Å². The van der Waals surface area contributed by atoms with E-state index in [2.05, 4.69) is 4.98 Å². The molecule has 18 heavy (non-hydrogen) atoms. The fraction of sp³-hybridized carbons (Fsp3) is 0.250. The Bertz CT molecular complexity index is 566. The third-order valence-corrected chi connectivity index (χ3v) is 2.67. The molecule has 0 saturated heterocycles. The zero-order valence-corrected chi connectivity index (χ0v) is 9.70. The molecule has 2 N–H and O–H groups in total. The lowest BCUT2D eigenvalue weighted by molar-refractivity contribution is -0.119. The zero-order chi connectivity index (χ0) is 13.3. The van der Waals surface area contributed by atoms with Crippen LogP contribution in [-0.4, -0.2) is 24.8 Å². The third kappa shape index (κ3) is 2.47. The van der Waals surface area contributed by atoms with Crippen molar-refractivity contribution in [1.29, 1.82) is 0 Å². The van der Waals surface area contributed by atoms with Gasteiger partial charge in [0.2, 0.25) is 0 Å². The van der Waals surface area contributed by atoms with Gasteiger partial charge in [0.15, 0.2) is 0 Å². The van der Waals surface area contributed by atoms with Crippen LogP contribution in [0.4, 0.5) is 24.5 Å². The molecule has 0 aliphatic heterocycles. The number of anilines is 2. The minimum absolute atomic E-state index is 0.335. The van der Waals surface area contributed by atoms with E-state index in [0.29, 0.717) is 16.8 Å². The number of aromatic nitrogens is 1. The van der Waals surface area contributed by atoms with Gasteiger partial charge in [-0.1, -0.05) is 6.07 Å². The molecule has 0 amide bonds. The van der Waals surface area contributed by atoms with Crippen molar-refractivity contribution in [2.45, 2.75) is 6.18 Å². The molecule has 0 aliphatic carbocycles.